The minimum Gasteiger partial charge on any atom is -0.480 e. The molecule has 13 heavy (non-hydrogen) atoms. The minimum absolute atomic E-state index is 0.216. The van der Waals surface area contributed by atoms with Gasteiger partial charge < -0.3 is 15.2 Å². The minimum atomic E-state index is -0.777. The van der Waals surface area contributed by atoms with Crippen molar-refractivity contribution in [3.05, 3.63) is 0 Å². The van der Waals surface area contributed by atoms with Gasteiger partial charge in [0.15, 0.2) is 0 Å². The van der Waals surface area contributed by atoms with E-state index < -0.39 is 12.0 Å². The van der Waals surface area contributed by atoms with Crippen LogP contribution in [0.15, 0.2) is 0 Å². The van der Waals surface area contributed by atoms with Crippen molar-refractivity contribution in [2.75, 3.05) is 13.2 Å². The van der Waals surface area contributed by atoms with E-state index in [1.165, 1.54) is 0 Å². The number of ether oxygens (including phenoxy) is 1. The zero-order valence-electron chi connectivity index (χ0n) is 7.95. The van der Waals surface area contributed by atoms with Gasteiger partial charge in [0.25, 0.3) is 0 Å². The van der Waals surface area contributed by atoms with Crippen LogP contribution in [0.3, 0.4) is 0 Å². The fourth-order valence-corrected chi connectivity index (χ4v) is 1.49. The number of hydrogen-bond donors (Lipinski definition) is 2. The Morgan fingerprint density at radius 2 is 2.54 bits per heavy atom. The number of hydrogen-bond acceptors (Lipinski definition) is 3. The van der Waals surface area contributed by atoms with Crippen LogP contribution in [-0.2, 0) is 9.53 Å². The summed E-state index contributed by atoms with van der Waals surface area (Å²) >= 11 is 0. The number of carbonyl (C=O) groups is 1. The van der Waals surface area contributed by atoms with E-state index >= 15 is 0 Å². The third-order valence-electron chi connectivity index (χ3n) is 2.32. The molecule has 0 radical (unpaired) electrons. The Morgan fingerprint density at radius 1 is 1.77 bits per heavy atom. The Labute approximate surface area is 78.3 Å². The molecule has 2 N–H and O–H groups in total. The molecule has 0 unspecified atom stereocenters. The average molecular weight is 187 g/mol. The second-order valence-electron chi connectivity index (χ2n) is 3.34. The molecule has 0 saturated carbocycles. The molecule has 4 heteroatoms. The number of carboxylic acid groups (broad SMARTS) is 1. The highest BCUT2D eigenvalue weighted by atomic mass is 16.5. The lowest BCUT2D eigenvalue weighted by molar-refractivity contribution is -0.139. The maximum atomic E-state index is 10.6. The van der Waals surface area contributed by atoms with Crippen LogP contribution in [0.2, 0.25) is 0 Å². The van der Waals surface area contributed by atoms with Crippen LogP contribution in [0.4, 0.5) is 0 Å². The summed E-state index contributed by atoms with van der Waals surface area (Å²) in [6.45, 7) is 3.34. The highest BCUT2D eigenvalue weighted by molar-refractivity contribution is 5.73. The lowest BCUT2D eigenvalue weighted by Crippen LogP contribution is -2.40. The molecule has 0 amide bonds. The van der Waals surface area contributed by atoms with E-state index in [-0.39, 0.29) is 6.10 Å². The Hall–Kier alpha value is -0.610. The third-order valence-corrected chi connectivity index (χ3v) is 2.32. The summed E-state index contributed by atoms with van der Waals surface area (Å²) in [5.74, 6) is -0.777. The van der Waals surface area contributed by atoms with Gasteiger partial charge in [-0.25, -0.2) is 0 Å². The second-order valence-corrected chi connectivity index (χ2v) is 3.34. The van der Waals surface area contributed by atoms with Crippen molar-refractivity contribution in [2.45, 2.75) is 38.3 Å². The van der Waals surface area contributed by atoms with Crippen molar-refractivity contribution in [2.24, 2.45) is 0 Å². The zero-order chi connectivity index (χ0) is 9.68. The molecule has 1 rings (SSSR count). The number of rotatable bonds is 5. The first-order chi connectivity index (χ1) is 6.24. The molecule has 1 aliphatic rings. The Kier molecular flexibility index (Phi) is 4.18. The van der Waals surface area contributed by atoms with E-state index in [1.807, 2.05) is 6.92 Å². The first kappa shape index (κ1) is 10.5. The zero-order valence-corrected chi connectivity index (χ0v) is 7.95. The highest BCUT2D eigenvalue weighted by Gasteiger charge is 2.19. The van der Waals surface area contributed by atoms with E-state index in [0.29, 0.717) is 13.0 Å². The van der Waals surface area contributed by atoms with Crippen LogP contribution in [0, 0.1) is 0 Å². The summed E-state index contributed by atoms with van der Waals surface area (Å²) in [7, 11) is 0. The molecule has 0 aromatic carbocycles. The van der Waals surface area contributed by atoms with Crippen LogP contribution in [0.5, 0.6) is 0 Å². The van der Waals surface area contributed by atoms with E-state index in [9.17, 15) is 4.79 Å². The largest absolute Gasteiger partial charge is 0.480 e. The van der Waals surface area contributed by atoms with E-state index in [1.54, 1.807) is 0 Å². The summed E-state index contributed by atoms with van der Waals surface area (Å²) in [6, 6.07) is -0.427. The molecule has 0 aliphatic carbocycles. The molecule has 2 atom stereocenters. The van der Waals surface area contributed by atoms with Crippen molar-refractivity contribution in [3.63, 3.8) is 0 Å². The van der Waals surface area contributed by atoms with Gasteiger partial charge in [0.2, 0.25) is 0 Å². The molecule has 1 fully saturated rings. The van der Waals surface area contributed by atoms with Crippen molar-refractivity contribution < 1.29 is 14.6 Å². The average Bonchev–Trinajstić information content (AvgIpc) is 2.57. The van der Waals surface area contributed by atoms with Crippen LogP contribution in [-0.4, -0.2) is 36.4 Å². The maximum absolute atomic E-state index is 10.6. The van der Waals surface area contributed by atoms with E-state index in [2.05, 4.69) is 5.32 Å². The summed E-state index contributed by atoms with van der Waals surface area (Å²) in [5, 5.41) is 11.7. The SMILES string of the molecule is CC[C@@H](NC[C@@H]1CCCO1)C(=O)O. The van der Waals surface area contributed by atoms with E-state index in [4.69, 9.17) is 9.84 Å². The fraction of sp³-hybridized carbons (Fsp3) is 0.889. The van der Waals surface area contributed by atoms with Gasteiger partial charge in [-0.2, -0.15) is 0 Å². The Bertz CT molecular complexity index is 166. The molecule has 0 aromatic heterocycles. The van der Waals surface area contributed by atoms with Gasteiger partial charge in [0.05, 0.1) is 6.10 Å². The summed E-state index contributed by atoms with van der Waals surface area (Å²) < 4.78 is 5.37. The maximum Gasteiger partial charge on any atom is 0.320 e. The predicted octanol–water partition coefficient (Wildman–Crippen LogP) is 0.618. The van der Waals surface area contributed by atoms with E-state index in [0.717, 1.165) is 19.4 Å². The number of aliphatic carboxylic acids is 1. The molecule has 76 valence electrons. The van der Waals surface area contributed by atoms with Crippen LogP contribution in [0.1, 0.15) is 26.2 Å². The number of nitrogens with one attached hydrogen (secondary N) is 1. The molecule has 4 nitrogen and oxygen atoms in total. The summed E-state index contributed by atoms with van der Waals surface area (Å²) in [6.07, 6.45) is 2.97. The predicted molar refractivity (Wildman–Crippen MR) is 48.7 cm³/mol. The Balaban J connectivity index is 2.18. The van der Waals surface area contributed by atoms with Gasteiger partial charge in [-0.15, -0.1) is 0 Å². The van der Waals surface area contributed by atoms with Crippen LogP contribution < -0.4 is 5.32 Å². The van der Waals surface area contributed by atoms with Gasteiger partial charge in [-0.1, -0.05) is 6.92 Å². The molecule has 0 aromatic rings. The number of carboxylic acids is 1. The first-order valence-corrected chi connectivity index (χ1v) is 4.81. The van der Waals surface area contributed by atoms with Gasteiger partial charge in [0, 0.05) is 13.2 Å². The lowest BCUT2D eigenvalue weighted by Gasteiger charge is -2.15. The van der Waals surface area contributed by atoms with Crippen molar-refractivity contribution in [1.29, 1.82) is 0 Å². The molecular weight excluding hydrogens is 170 g/mol. The fourth-order valence-electron chi connectivity index (χ4n) is 1.49. The Morgan fingerprint density at radius 3 is 3.00 bits per heavy atom. The molecule has 1 heterocycles. The molecule has 0 spiro atoms. The van der Waals surface area contributed by atoms with Gasteiger partial charge >= 0.3 is 5.97 Å². The van der Waals surface area contributed by atoms with Crippen molar-refractivity contribution >= 4 is 5.97 Å². The van der Waals surface area contributed by atoms with Crippen molar-refractivity contribution in [3.8, 4) is 0 Å². The van der Waals surface area contributed by atoms with Gasteiger partial charge in [-0.05, 0) is 19.3 Å². The van der Waals surface area contributed by atoms with Crippen molar-refractivity contribution in [1.82, 2.24) is 5.32 Å². The summed E-state index contributed by atoms with van der Waals surface area (Å²) in [4.78, 5) is 10.6. The normalized spacial score (nSPS) is 24.5. The molecule has 1 saturated heterocycles. The van der Waals surface area contributed by atoms with Gasteiger partial charge in [0.1, 0.15) is 6.04 Å². The second kappa shape index (κ2) is 5.19. The smallest absolute Gasteiger partial charge is 0.320 e. The highest BCUT2D eigenvalue weighted by Crippen LogP contribution is 2.10. The first-order valence-electron chi connectivity index (χ1n) is 4.81. The van der Waals surface area contributed by atoms with Crippen LogP contribution in [0.25, 0.3) is 0 Å². The topological polar surface area (TPSA) is 58.6 Å². The molecule has 1 aliphatic heterocycles. The van der Waals surface area contributed by atoms with Crippen LogP contribution >= 0.6 is 0 Å². The summed E-state index contributed by atoms with van der Waals surface area (Å²) in [5.41, 5.74) is 0. The molecule has 0 bridgehead atoms. The lowest BCUT2D eigenvalue weighted by atomic mass is 10.2. The monoisotopic (exact) mass is 187 g/mol. The van der Waals surface area contributed by atoms with Gasteiger partial charge in [-0.3, -0.25) is 4.79 Å². The standard InChI is InChI=1S/C9H17NO3/c1-2-8(9(11)12)10-6-7-4-3-5-13-7/h7-8,10H,2-6H2,1H3,(H,11,12)/t7-,8+/m0/s1. The third kappa shape index (κ3) is 3.32. The molecular formula is C9H17NO3. The quantitative estimate of drug-likeness (QED) is 0.662.